The lowest BCUT2D eigenvalue weighted by Gasteiger charge is -2.19. The topological polar surface area (TPSA) is 77.5 Å². The van der Waals surface area contributed by atoms with E-state index in [-0.39, 0.29) is 33.8 Å². The molecule has 0 atom stereocenters. The van der Waals surface area contributed by atoms with Gasteiger partial charge in [0, 0.05) is 16.7 Å². The van der Waals surface area contributed by atoms with Crippen molar-refractivity contribution in [3.63, 3.8) is 0 Å². The second-order valence-corrected chi connectivity index (χ2v) is 6.45. The number of carbonyl (C=O) groups is 2. The van der Waals surface area contributed by atoms with Gasteiger partial charge in [0.25, 0.3) is 0 Å². The van der Waals surface area contributed by atoms with Gasteiger partial charge in [0.1, 0.15) is 0 Å². The predicted molar refractivity (Wildman–Crippen MR) is 75.1 cm³/mol. The van der Waals surface area contributed by atoms with E-state index in [1.165, 1.54) is 24.3 Å². The Morgan fingerprint density at radius 3 is 2.00 bits per heavy atom. The number of hydrogen-bond donors (Lipinski definition) is 0. The quantitative estimate of drug-likeness (QED) is 0.677. The summed E-state index contributed by atoms with van der Waals surface area (Å²) in [5.74, 6) is -1.09. The fourth-order valence-electron chi connectivity index (χ4n) is 2.29. The van der Waals surface area contributed by atoms with Gasteiger partial charge in [-0.25, -0.2) is 0 Å². The van der Waals surface area contributed by atoms with Crippen LogP contribution in [0.25, 0.3) is 0 Å². The number of rotatable bonds is 2. The third kappa shape index (κ3) is 2.32. The Balaban J connectivity index is 2.26. The van der Waals surface area contributed by atoms with Gasteiger partial charge in [-0.05, 0) is 6.07 Å². The van der Waals surface area contributed by atoms with E-state index in [4.69, 9.17) is 10.7 Å². The summed E-state index contributed by atoms with van der Waals surface area (Å²) in [6.45, 7) is 0. The first kappa shape index (κ1) is 13.8. The fraction of sp³-hybridized carbons (Fsp3) is 0. The van der Waals surface area contributed by atoms with Crippen molar-refractivity contribution in [2.45, 2.75) is 0 Å². The van der Waals surface area contributed by atoms with Crippen molar-refractivity contribution in [3.8, 4) is 5.75 Å². The highest BCUT2D eigenvalue weighted by Gasteiger charge is 2.32. The minimum atomic E-state index is -4.32. The Morgan fingerprint density at radius 2 is 1.38 bits per heavy atom. The molecule has 0 N–H and O–H groups in total. The van der Waals surface area contributed by atoms with Crippen LogP contribution in [0.15, 0.2) is 42.5 Å². The first-order valence-corrected chi connectivity index (χ1v) is 8.07. The van der Waals surface area contributed by atoms with E-state index in [1.807, 2.05) is 0 Å². The molecule has 0 radical (unpaired) electrons. The number of ketones is 2. The second kappa shape index (κ2) is 4.68. The van der Waals surface area contributed by atoms with Gasteiger partial charge in [-0.1, -0.05) is 36.4 Å². The zero-order chi connectivity index (χ0) is 15.2. The molecule has 5 nitrogen and oxygen atoms in total. The molecule has 0 fully saturated rings. The van der Waals surface area contributed by atoms with Crippen LogP contribution in [0.4, 0.5) is 0 Å². The SMILES string of the molecule is O=C1c2ccccc2C(=O)c2c(OS(=O)(=O)Cl)cccc21. The van der Waals surface area contributed by atoms with E-state index < -0.39 is 15.1 Å². The van der Waals surface area contributed by atoms with Gasteiger partial charge in [-0.15, -0.1) is 0 Å². The smallest absolute Gasteiger partial charge is 0.370 e. The molecule has 0 heterocycles. The van der Waals surface area contributed by atoms with Crippen LogP contribution < -0.4 is 4.18 Å². The molecule has 7 heteroatoms. The molecule has 106 valence electrons. The molecule has 21 heavy (non-hydrogen) atoms. The summed E-state index contributed by atoms with van der Waals surface area (Å²) in [7, 11) is 0.728. The lowest BCUT2D eigenvalue weighted by atomic mass is 9.84. The molecular formula is C14H7ClO5S. The van der Waals surface area contributed by atoms with Crippen LogP contribution in [0.1, 0.15) is 31.8 Å². The van der Waals surface area contributed by atoms with Gasteiger partial charge >= 0.3 is 9.33 Å². The number of hydrogen-bond acceptors (Lipinski definition) is 5. The third-order valence-corrected chi connectivity index (χ3v) is 3.67. The standard InChI is InChI=1S/C14H7ClO5S/c15-21(18,19)20-11-7-3-6-10-12(11)14(17)9-5-2-1-4-8(9)13(10)16/h1-7H. The monoisotopic (exact) mass is 322 g/mol. The van der Waals surface area contributed by atoms with E-state index in [1.54, 1.807) is 18.2 Å². The van der Waals surface area contributed by atoms with Crippen LogP contribution in [-0.4, -0.2) is 20.0 Å². The maximum absolute atomic E-state index is 12.5. The molecular weight excluding hydrogens is 316 g/mol. The number of fused-ring (bicyclic) bond motifs is 2. The molecule has 0 aromatic heterocycles. The molecule has 0 spiro atoms. The molecule has 2 aromatic rings. The van der Waals surface area contributed by atoms with Gasteiger partial charge in [0.2, 0.25) is 0 Å². The Morgan fingerprint density at radius 1 is 0.810 bits per heavy atom. The molecule has 0 saturated carbocycles. The summed E-state index contributed by atoms with van der Waals surface area (Å²) in [6, 6.07) is 10.5. The minimum Gasteiger partial charge on any atom is -0.370 e. The van der Waals surface area contributed by atoms with Gasteiger partial charge in [0.05, 0.1) is 16.2 Å². The van der Waals surface area contributed by atoms with Crippen molar-refractivity contribution in [1.82, 2.24) is 0 Å². The molecule has 2 aromatic carbocycles. The molecule has 0 saturated heterocycles. The van der Waals surface area contributed by atoms with Crippen LogP contribution in [0.3, 0.4) is 0 Å². The van der Waals surface area contributed by atoms with Gasteiger partial charge in [0.15, 0.2) is 17.3 Å². The Bertz CT molecular complexity index is 886. The lowest BCUT2D eigenvalue weighted by molar-refractivity contribution is 0.0977. The van der Waals surface area contributed by atoms with E-state index in [0.717, 1.165) is 0 Å². The van der Waals surface area contributed by atoms with Crippen molar-refractivity contribution in [3.05, 3.63) is 64.7 Å². The molecule has 0 bridgehead atoms. The van der Waals surface area contributed by atoms with Crippen LogP contribution in [0.2, 0.25) is 0 Å². The maximum Gasteiger partial charge on any atom is 0.401 e. The molecule has 1 aliphatic carbocycles. The van der Waals surface area contributed by atoms with Crippen molar-refractivity contribution < 1.29 is 22.2 Å². The summed E-state index contributed by atoms with van der Waals surface area (Å²) >= 11 is 0. The predicted octanol–water partition coefficient (Wildman–Crippen LogP) is 2.32. The summed E-state index contributed by atoms with van der Waals surface area (Å²) in [6.07, 6.45) is 0. The Labute approximate surface area is 124 Å². The highest BCUT2D eigenvalue weighted by Crippen LogP contribution is 2.33. The maximum atomic E-state index is 12.5. The van der Waals surface area contributed by atoms with Gasteiger partial charge in [-0.2, -0.15) is 8.42 Å². The zero-order valence-electron chi connectivity index (χ0n) is 10.4. The molecule has 1 aliphatic rings. The summed E-state index contributed by atoms with van der Waals surface area (Å²) in [4.78, 5) is 24.9. The molecule has 3 rings (SSSR count). The van der Waals surface area contributed by atoms with Crippen LogP contribution in [0.5, 0.6) is 5.75 Å². The Hall–Kier alpha value is -2.18. The lowest BCUT2D eigenvalue weighted by Crippen LogP contribution is -2.22. The number of benzene rings is 2. The highest BCUT2D eigenvalue weighted by molar-refractivity contribution is 8.10. The molecule has 0 unspecified atom stereocenters. The van der Waals surface area contributed by atoms with Crippen molar-refractivity contribution in [2.24, 2.45) is 0 Å². The second-order valence-electron chi connectivity index (χ2n) is 4.36. The van der Waals surface area contributed by atoms with Crippen molar-refractivity contribution in [1.29, 1.82) is 0 Å². The summed E-state index contributed by atoms with van der Waals surface area (Å²) < 4.78 is 26.7. The third-order valence-electron chi connectivity index (χ3n) is 3.10. The zero-order valence-corrected chi connectivity index (χ0v) is 11.9. The van der Waals surface area contributed by atoms with Gasteiger partial charge in [-0.3, -0.25) is 9.59 Å². The van der Waals surface area contributed by atoms with Crippen LogP contribution >= 0.6 is 10.7 Å². The van der Waals surface area contributed by atoms with Gasteiger partial charge < -0.3 is 4.18 Å². The average Bonchev–Trinajstić information content (AvgIpc) is 2.43. The first-order valence-electron chi connectivity index (χ1n) is 5.84. The largest absolute Gasteiger partial charge is 0.401 e. The number of carbonyl (C=O) groups excluding carboxylic acids is 2. The number of halogens is 1. The average molecular weight is 323 g/mol. The Kier molecular flexibility index (Phi) is 3.07. The van der Waals surface area contributed by atoms with E-state index in [2.05, 4.69) is 4.18 Å². The summed E-state index contributed by atoms with van der Waals surface area (Å²) in [5, 5.41) is 0. The highest BCUT2D eigenvalue weighted by atomic mass is 35.7. The van der Waals surface area contributed by atoms with Crippen molar-refractivity contribution >= 4 is 31.6 Å². The van der Waals surface area contributed by atoms with Crippen LogP contribution in [0, 0.1) is 0 Å². The molecule has 0 amide bonds. The fourth-order valence-corrected chi connectivity index (χ4v) is 2.85. The van der Waals surface area contributed by atoms with E-state index in [0.29, 0.717) is 0 Å². The normalized spacial score (nSPS) is 13.6. The first-order chi connectivity index (χ1) is 9.88. The summed E-state index contributed by atoms with van der Waals surface area (Å²) in [5.41, 5.74) is 0.487. The van der Waals surface area contributed by atoms with E-state index in [9.17, 15) is 18.0 Å². The van der Waals surface area contributed by atoms with Crippen LogP contribution in [-0.2, 0) is 9.33 Å². The molecule has 0 aliphatic heterocycles. The van der Waals surface area contributed by atoms with E-state index >= 15 is 0 Å². The minimum absolute atomic E-state index is 0.0922. The van der Waals surface area contributed by atoms with Crippen molar-refractivity contribution in [2.75, 3.05) is 0 Å².